The average Bonchev–Trinajstić information content (AvgIpc) is 3.44. The second-order valence-electron chi connectivity index (χ2n) is 12.6. The molecule has 0 aliphatic carbocycles. The molecule has 0 bridgehead atoms. The van der Waals surface area contributed by atoms with E-state index in [0.29, 0.717) is 0 Å². The Balaban J connectivity index is 0.00000337. The highest BCUT2D eigenvalue weighted by molar-refractivity contribution is 5.85. The normalized spacial score (nSPS) is 22.7. The van der Waals surface area contributed by atoms with E-state index in [1.807, 2.05) is 0 Å². The highest BCUT2D eigenvalue weighted by atomic mass is 35.5. The second-order valence-corrected chi connectivity index (χ2v) is 12.6. The summed E-state index contributed by atoms with van der Waals surface area (Å²) in [5, 5.41) is 9.04. The van der Waals surface area contributed by atoms with Gasteiger partial charge in [0.15, 0.2) is 0 Å². The van der Waals surface area contributed by atoms with Crippen molar-refractivity contribution in [3.8, 4) is 0 Å². The Labute approximate surface area is 251 Å². The lowest BCUT2D eigenvalue weighted by Crippen LogP contribution is -2.32. The summed E-state index contributed by atoms with van der Waals surface area (Å²) < 4.78 is 0. The number of rotatable bonds is 9. The number of carboxylic acid groups (broad SMARTS) is 1. The molecule has 1 N–H and O–H groups in total. The molecule has 6 rings (SSSR count). The highest BCUT2D eigenvalue weighted by Gasteiger charge is 2.42. The van der Waals surface area contributed by atoms with Crippen LogP contribution < -0.4 is 9.80 Å². The molecule has 0 amide bonds. The van der Waals surface area contributed by atoms with Crippen LogP contribution in [0.5, 0.6) is 0 Å². The van der Waals surface area contributed by atoms with Crippen LogP contribution in [0.4, 0.5) is 11.4 Å². The van der Waals surface area contributed by atoms with Gasteiger partial charge in [-0.3, -0.25) is 4.79 Å². The van der Waals surface area contributed by atoms with E-state index in [1.54, 1.807) is 0 Å². The number of anilines is 2. The molecular formula is C36H43ClN2O2. The van der Waals surface area contributed by atoms with E-state index in [9.17, 15) is 4.79 Å². The fraction of sp³-hybridized carbons (Fsp3) is 0.417. The summed E-state index contributed by atoms with van der Waals surface area (Å²) in [7, 11) is 0. The number of carbonyl (C=O) groups is 1. The van der Waals surface area contributed by atoms with Gasteiger partial charge in [0.1, 0.15) is 0 Å². The van der Waals surface area contributed by atoms with E-state index >= 15 is 0 Å². The van der Waals surface area contributed by atoms with Gasteiger partial charge in [0.25, 0.3) is 0 Å². The Morgan fingerprint density at radius 3 is 2.44 bits per heavy atom. The molecule has 0 saturated heterocycles. The molecule has 4 aliphatic heterocycles. The van der Waals surface area contributed by atoms with Crippen LogP contribution in [0, 0.1) is 0 Å². The van der Waals surface area contributed by atoms with Gasteiger partial charge in [-0.1, -0.05) is 94.3 Å². The van der Waals surface area contributed by atoms with Crippen molar-refractivity contribution in [1.29, 1.82) is 0 Å². The van der Waals surface area contributed by atoms with Crippen molar-refractivity contribution in [3.63, 3.8) is 0 Å². The first-order chi connectivity index (χ1) is 19.3. The van der Waals surface area contributed by atoms with E-state index in [2.05, 4.69) is 104 Å². The summed E-state index contributed by atoms with van der Waals surface area (Å²) in [5.41, 5.74) is 11.3. The standard InChI is InChI=1S/C36H42N2O2.ClH/c1-35(2)29-17-10-13-26-15-12-23-38(34(26)29)31(35)19-7-4-6-16-28-25-37-24-21-27-14-11-18-30(33(27)37)36(28,3)22-9-5-8-20-32(39)40;/h4,6-7,10-11,13-14,16-19,25H,5,8-9,12,15,20-24H2,1-3H3,(H,39,40);1H. The summed E-state index contributed by atoms with van der Waals surface area (Å²) in [6.07, 6.45) is 21.0. The van der Waals surface area contributed by atoms with Gasteiger partial charge in [-0.2, -0.15) is 0 Å². The third-order valence-electron chi connectivity index (χ3n) is 9.70. The highest BCUT2D eigenvalue weighted by Crippen LogP contribution is 2.51. The number of para-hydroxylation sites is 2. The van der Waals surface area contributed by atoms with Gasteiger partial charge in [0.05, 0.1) is 0 Å². The molecule has 5 heteroatoms. The van der Waals surface area contributed by atoms with Crippen LogP contribution in [-0.2, 0) is 28.5 Å². The Hall–Kier alpha value is -3.24. The Kier molecular flexibility index (Phi) is 8.25. The zero-order valence-corrected chi connectivity index (χ0v) is 25.5. The van der Waals surface area contributed by atoms with E-state index in [4.69, 9.17) is 5.11 Å². The van der Waals surface area contributed by atoms with E-state index in [1.165, 1.54) is 57.7 Å². The van der Waals surface area contributed by atoms with Crippen LogP contribution in [0.3, 0.4) is 0 Å². The molecule has 4 aliphatic rings. The number of aliphatic carboxylic acids is 1. The molecule has 1 unspecified atom stereocenters. The van der Waals surface area contributed by atoms with Crippen molar-refractivity contribution in [3.05, 3.63) is 107 Å². The van der Waals surface area contributed by atoms with Gasteiger partial charge < -0.3 is 14.9 Å². The van der Waals surface area contributed by atoms with E-state index in [-0.39, 0.29) is 29.7 Å². The fourth-order valence-electron chi connectivity index (χ4n) is 7.50. The molecule has 1 atom stereocenters. The number of nitrogens with zero attached hydrogens (tertiary/aromatic N) is 2. The Morgan fingerprint density at radius 2 is 1.66 bits per heavy atom. The lowest BCUT2D eigenvalue weighted by molar-refractivity contribution is -0.137. The lowest BCUT2D eigenvalue weighted by atomic mass is 9.69. The number of unbranched alkanes of at least 4 members (excludes halogenated alkanes) is 2. The zero-order chi connectivity index (χ0) is 27.9. The first-order valence-electron chi connectivity index (χ1n) is 15.1. The number of hydrogen-bond acceptors (Lipinski definition) is 3. The molecule has 2 aromatic rings. The van der Waals surface area contributed by atoms with Crippen LogP contribution in [0.1, 0.15) is 81.5 Å². The van der Waals surface area contributed by atoms with E-state index < -0.39 is 5.97 Å². The summed E-state index contributed by atoms with van der Waals surface area (Å²) >= 11 is 0. The molecule has 4 nitrogen and oxygen atoms in total. The summed E-state index contributed by atoms with van der Waals surface area (Å²) in [4.78, 5) is 16.0. The summed E-state index contributed by atoms with van der Waals surface area (Å²) in [6.45, 7) is 9.22. The van der Waals surface area contributed by atoms with Crippen LogP contribution in [0.15, 0.2) is 84.2 Å². The number of allylic oxidation sites excluding steroid dienone is 7. The predicted molar refractivity (Wildman–Crippen MR) is 172 cm³/mol. The zero-order valence-electron chi connectivity index (χ0n) is 24.7. The maximum Gasteiger partial charge on any atom is 0.303 e. The molecule has 0 saturated carbocycles. The van der Waals surface area contributed by atoms with Gasteiger partial charge in [-0.15, -0.1) is 12.4 Å². The fourth-order valence-corrected chi connectivity index (χ4v) is 7.50. The maximum absolute atomic E-state index is 11.0. The van der Waals surface area contributed by atoms with Crippen LogP contribution in [0.25, 0.3) is 0 Å². The SMILES string of the molecule is CC1(C)C(=CC=CC=CC2=CN3CCc4cccc(c43)C2(C)CCCCCC(=O)O)N2CCCc3cccc1c32.Cl. The van der Waals surface area contributed by atoms with Crippen molar-refractivity contribution in [1.82, 2.24) is 0 Å². The molecular weight excluding hydrogens is 528 g/mol. The summed E-state index contributed by atoms with van der Waals surface area (Å²) in [5.74, 6) is -0.698. The first-order valence-corrected chi connectivity index (χ1v) is 15.1. The van der Waals surface area contributed by atoms with Crippen LogP contribution in [-0.4, -0.2) is 24.2 Å². The monoisotopic (exact) mass is 570 g/mol. The van der Waals surface area contributed by atoms with Gasteiger partial charge in [-0.05, 0) is 66.0 Å². The molecule has 0 fully saturated rings. The van der Waals surface area contributed by atoms with Crippen LogP contribution in [0.2, 0.25) is 0 Å². The van der Waals surface area contributed by atoms with Crippen LogP contribution >= 0.6 is 12.4 Å². The number of hydrogen-bond donors (Lipinski definition) is 1. The lowest BCUT2D eigenvalue weighted by Gasteiger charge is -2.40. The first kappa shape index (κ1) is 29.3. The largest absolute Gasteiger partial charge is 0.481 e. The second kappa shape index (κ2) is 11.6. The third kappa shape index (κ3) is 5.16. The minimum Gasteiger partial charge on any atom is -0.481 e. The van der Waals surface area contributed by atoms with Gasteiger partial charge in [-0.25, -0.2) is 0 Å². The third-order valence-corrected chi connectivity index (χ3v) is 9.70. The van der Waals surface area contributed by atoms with Gasteiger partial charge >= 0.3 is 5.97 Å². The molecule has 0 spiro atoms. The molecule has 4 heterocycles. The van der Waals surface area contributed by atoms with Crippen molar-refractivity contribution in [2.75, 3.05) is 22.9 Å². The van der Waals surface area contributed by atoms with Crippen molar-refractivity contribution < 1.29 is 9.90 Å². The molecule has 0 radical (unpaired) electrons. The van der Waals surface area contributed by atoms with Gasteiger partial charge in [0.2, 0.25) is 0 Å². The minimum atomic E-state index is -0.698. The van der Waals surface area contributed by atoms with Crippen molar-refractivity contribution >= 4 is 29.8 Å². The van der Waals surface area contributed by atoms with E-state index in [0.717, 1.165) is 45.2 Å². The minimum absolute atomic E-state index is 0. The maximum atomic E-state index is 11.0. The molecule has 2 aromatic carbocycles. The molecule has 216 valence electrons. The van der Waals surface area contributed by atoms with Gasteiger partial charge in [0, 0.05) is 53.6 Å². The smallest absolute Gasteiger partial charge is 0.303 e. The Morgan fingerprint density at radius 1 is 0.902 bits per heavy atom. The number of aryl methyl sites for hydroxylation is 1. The Bertz CT molecular complexity index is 1450. The topological polar surface area (TPSA) is 43.8 Å². The number of benzene rings is 2. The quantitative estimate of drug-likeness (QED) is 0.243. The number of carboxylic acids is 1. The average molecular weight is 571 g/mol. The molecule has 0 aromatic heterocycles. The molecule has 41 heavy (non-hydrogen) atoms. The number of halogens is 1. The van der Waals surface area contributed by atoms with Crippen molar-refractivity contribution in [2.24, 2.45) is 0 Å². The van der Waals surface area contributed by atoms with Crippen molar-refractivity contribution in [2.45, 2.75) is 83.0 Å². The summed E-state index contributed by atoms with van der Waals surface area (Å²) in [6, 6.07) is 13.6. The predicted octanol–water partition coefficient (Wildman–Crippen LogP) is 8.40.